The van der Waals surface area contributed by atoms with E-state index in [0.717, 1.165) is 39.1 Å². The van der Waals surface area contributed by atoms with Crippen LogP contribution in [0.1, 0.15) is 17.5 Å². The van der Waals surface area contributed by atoms with Gasteiger partial charge < -0.3 is 14.7 Å². The first kappa shape index (κ1) is 21.8. The Kier molecular flexibility index (Phi) is 7.83. The Hall–Kier alpha value is -1.40. The molecule has 2 aromatic carbocycles. The molecule has 0 amide bonds. The molecular formula is C25H35BrN4. The highest BCUT2D eigenvalue weighted by atomic mass is 79.9. The van der Waals surface area contributed by atoms with Gasteiger partial charge in [-0.1, -0.05) is 52.3 Å². The van der Waals surface area contributed by atoms with Crippen LogP contribution in [-0.2, 0) is 13.0 Å². The van der Waals surface area contributed by atoms with Crippen molar-refractivity contribution < 1.29 is 0 Å². The van der Waals surface area contributed by atoms with E-state index in [1.54, 1.807) is 0 Å². The van der Waals surface area contributed by atoms with Crippen LogP contribution in [0.2, 0.25) is 0 Å². The molecule has 2 heterocycles. The van der Waals surface area contributed by atoms with Crippen molar-refractivity contribution in [3.8, 4) is 0 Å². The molecule has 0 aromatic heterocycles. The summed E-state index contributed by atoms with van der Waals surface area (Å²) in [5.41, 5.74) is 4.20. The van der Waals surface area contributed by atoms with Crippen LogP contribution < -0.4 is 4.90 Å². The lowest BCUT2D eigenvalue weighted by Crippen LogP contribution is -2.46. The molecule has 0 unspecified atom stereocenters. The molecule has 162 valence electrons. The number of halogens is 1. The first-order valence-electron chi connectivity index (χ1n) is 11.4. The standard InChI is InChI=1S/C25H35BrN4/c1-27-12-14-28(15-13-27)11-5-8-23-9-10-24(20-25(23)26)30-18-16-29(17-19-30)21-22-6-3-2-4-7-22/h2-4,6-7,9-10,20H,5,8,11-19,21H2,1H3. The maximum absolute atomic E-state index is 3.85. The Morgan fingerprint density at radius 2 is 1.50 bits per heavy atom. The van der Waals surface area contributed by atoms with Crippen molar-refractivity contribution in [2.45, 2.75) is 19.4 Å². The van der Waals surface area contributed by atoms with Crippen LogP contribution in [0.15, 0.2) is 53.0 Å². The van der Waals surface area contributed by atoms with Gasteiger partial charge in [-0.15, -0.1) is 0 Å². The van der Waals surface area contributed by atoms with E-state index in [9.17, 15) is 0 Å². The Labute approximate surface area is 190 Å². The molecule has 0 saturated carbocycles. The Morgan fingerprint density at radius 1 is 0.800 bits per heavy atom. The van der Waals surface area contributed by atoms with Crippen molar-refractivity contribution in [2.24, 2.45) is 0 Å². The van der Waals surface area contributed by atoms with Gasteiger partial charge >= 0.3 is 0 Å². The third-order valence-electron chi connectivity index (χ3n) is 6.54. The maximum Gasteiger partial charge on any atom is 0.0378 e. The van der Waals surface area contributed by atoms with E-state index < -0.39 is 0 Å². The molecule has 0 radical (unpaired) electrons. The molecule has 4 nitrogen and oxygen atoms in total. The number of nitrogens with zero attached hydrogens (tertiary/aromatic N) is 4. The summed E-state index contributed by atoms with van der Waals surface area (Å²) in [7, 11) is 2.22. The first-order chi connectivity index (χ1) is 14.7. The fraction of sp³-hybridized carbons (Fsp3) is 0.520. The van der Waals surface area contributed by atoms with Gasteiger partial charge in [0.25, 0.3) is 0 Å². The van der Waals surface area contributed by atoms with Gasteiger partial charge in [-0.2, -0.15) is 0 Å². The van der Waals surface area contributed by atoms with Gasteiger partial charge in [-0.25, -0.2) is 0 Å². The second-order valence-corrected chi connectivity index (χ2v) is 9.63. The molecule has 2 fully saturated rings. The van der Waals surface area contributed by atoms with Gasteiger partial charge in [0.15, 0.2) is 0 Å². The number of likely N-dealkylation sites (N-methyl/N-ethyl adjacent to an activating group) is 1. The zero-order valence-electron chi connectivity index (χ0n) is 18.3. The van der Waals surface area contributed by atoms with Crippen molar-refractivity contribution in [2.75, 3.05) is 70.9 Å². The van der Waals surface area contributed by atoms with Crippen LogP contribution in [0.3, 0.4) is 0 Å². The molecular weight excluding hydrogens is 436 g/mol. The van der Waals surface area contributed by atoms with Gasteiger partial charge in [0, 0.05) is 69.1 Å². The lowest BCUT2D eigenvalue weighted by Gasteiger charge is -2.36. The van der Waals surface area contributed by atoms with Crippen molar-refractivity contribution in [3.63, 3.8) is 0 Å². The van der Waals surface area contributed by atoms with E-state index in [0.29, 0.717) is 0 Å². The van der Waals surface area contributed by atoms with Crippen LogP contribution in [0.5, 0.6) is 0 Å². The summed E-state index contributed by atoms with van der Waals surface area (Å²) in [6.45, 7) is 11.6. The average Bonchev–Trinajstić information content (AvgIpc) is 2.77. The van der Waals surface area contributed by atoms with Crippen molar-refractivity contribution in [1.82, 2.24) is 14.7 Å². The number of benzene rings is 2. The van der Waals surface area contributed by atoms with E-state index in [1.165, 1.54) is 60.4 Å². The third kappa shape index (κ3) is 6.07. The van der Waals surface area contributed by atoms with Crippen LogP contribution >= 0.6 is 15.9 Å². The summed E-state index contributed by atoms with van der Waals surface area (Å²) in [6.07, 6.45) is 2.39. The van der Waals surface area contributed by atoms with E-state index in [4.69, 9.17) is 0 Å². The molecule has 0 aliphatic carbocycles. The minimum absolute atomic E-state index is 1.06. The van der Waals surface area contributed by atoms with Crippen LogP contribution in [0.25, 0.3) is 0 Å². The van der Waals surface area contributed by atoms with E-state index >= 15 is 0 Å². The molecule has 2 saturated heterocycles. The normalized spacial score (nSPS) is 19.3. The number of piperazine rings is 2. The number of anilines is 1. The molecule has 0 atom stereocenters. The fourth-order valence-corrected chi connectivity index (χ4v) is 5.07. The quantitative estimate of drug-likeness (QED) is 0.606. The predicted molar refractivity (Wildman–Crippen MR) is 130 cm³/mol. The Morgan fingerprint density at radius 3 is 2.20 bits per heavy atom. The lowest BCUT2D eigenvalue weighted by atomic mass is 10.1. The number of rotatable bonds is 7. The van der Waals surface area contributed by atoms with E-state index in [2.05, 4.69) is 91.1 Å². The molecule has 0 spiro atoms. The minimum atomic E-state index is 1.06. The van der Waals surface area contributed by atoms with Gasteiger partial charge in [-0.3, -0.25) is 4.90 Å². The SMILES string of the molecule is CN1CCN(CCCc2ccc(N3CCN(Cc4ccccc4)CC3)cc2Br)CC1. The first-order valence-corrected chi connectivity index (χ1v) is 12.2. The number of hydrogen-bond acceptors (Lipinski definition) is 4. The molecule has 2 aliphatic rings. The van der Waals surface area contributed by atoms with Crippen LogP contribution in [0.4, 0.5) is 5.69 Å². The van der Waals surface area contributed by atoms with Crippen LogP contribution in [0, 0.1) is 0 Å². The largest absolute Gasteiger partial charge is 0.369 e. The summed E-state index contributed by atoms with van der Waals surface area (Å²) in [6, 6.07) is 17.8. The number of aryl methyl sites for hydroxylation is 1. The maximum atomic E-state index is 3.85. The number of hydrogen-bond donors (Lipinski definition) is 0. The molecule has 2 aromatic rings. The average molecular weight is 471 g/mol. The monoisotopic (exact) mass is 470 g/mol. The summed E-state index contributed by atoms with van der Waals surface area (Å²) in [5.74, 6) is 0. The summed E-state index contributed by atoms with van der Waals surface area (Å²) >= 11 is 3.85. The van der Waals surface area contributed by atoms with Crippen molar-refractivity contribution in [3.05, 3.63) is 64.1 Å². The highest BCUT2D eigenvalue weighted by Crippen LogP contribution is 2.26. The molecule has 30 heavy (non-hydrogen) atoms. The molecule has 0 N–H and O–H groups in total. The van der Waals surface area contributed by atoms with Crippen molar-refractivity contribution in [1.29, 1.82) is 0 Å². The van der Waals surface area contributed by atoms with Crippen molar-refractivity contribution >= 4 is 21.6 Å². The molecule has 5 heteroatoms. The Bertz CT molecular complexity index is 781. The van der Waals surface area contributed by atoms with Gasteiger partial charge in [0.05, 0.1) is 0 Å². The lowest BCUT2D eigenvalue weighted by molar-refractivity contribution is 0.153. The second-order valence-electron chi connectivity index (χ2n) is 8.77. The topological polar surface area (TPSA) is 13.0 Å². The predicted octanol–water partition coefficient (Wildman–Crippen LogP) is 3.95. The minimum Gasteiger partial charge on any atom is -0.369 e. The van der Waals surface area contributed by atoms with Crippen LogP contribution in [-0.4, -0.2) is 80.7 Å². The fourth-order valence-electron chi connectivity index (χ4n) is 4.51. The zero-order valence-corrected chi connectivity index (χ0v) is 19.9. The molecule has 2 aliphatic heterocycles. The highest BCUT2D eigenvalue weighted by Gasteiger charge is 2.18. The smallest absolute Gasteiger partial charge is 0.0378 e. The van der Waals surface area contributed by atoms with Gasteiger partial charge in [0.2, 0.25) is 0 Å². The Balaban J connectivity index is 1.23. The molecule has 4 rings (SSSR count). The van der Waals surface area contributed by atoms with Gasteiger partial charge in [-0.05, 0) is 49.7 Å². The molecule has 0 bridgehead atoms. The van der Waals surface area contributed by atoms with E-state index in [1.807, 2.05) is 0 Å². The summed E-state index contributed by atoms with van der Waals surface area (Å²) in [4.78, 5) is 10.1. The third-order valence-corrected chi connectivity index (χ3v) is 7.28. The highest BCUT2D eigenvalue weighted by molar-refractivity contribution is 9.10. The van der Waals surface area contributed by atoms with E-state index in [-0.39, 0.29) is 0 Å². The summed E-state index contributed by atoms with van der Waals surface area (Å²) in [5, 5.41) is 0. The zero-order chi connectivity index (χ0) is 20.8. The second kappa shape index (κ2) is 10.8. The van der Waals surface area contributed by atoms with Gasteiger partial charge in [0.1, 0.15) is 0 Å². The summed E-state index contributed by atoms with van der Waals surface area (Å²) < 4.78 is 1.27.